The molecule has 1 aliphatic heterocycles. The molecule has 8 heteroatoms. The lowest BCUT2D eigenvalue weighted by Crippen LogP contribution is -2.41. The number of esters is 1. The second-order valence-electron chi connectivity index (χ2n) is 6.23. The summed E-state index contributed by atoms with van der Waals surface area (Å²) in [5.74, 6) is -0.157. The molecule has 0 amide bonds. The number of carbonyl (C=O) groups excluding carboxylic acids is 1. The number of hydrogen-bond donors (Lipinski definition) is 0. The number of methoxy groups -OCH3 is 1. The molecule has 144 valence electrons. The highest BCUT2D eigenvalue weighted by atomic mass is 32.2. The summed E-state index contributed by atoms with van der Waals surface area (Å²) in [5.41, 5.74) is 0. The van der Waals surface area contributed by atoms with Gasteiger partial charge in [0.25, 0.3) is 0 Å². The van der Waals surface area contributed by atoms with Gasteiger partial charge in [0, 0.05) is 13.1 Å². The molecular formula is C19H20FNO5S. The second kappa shape index (κ2) is 8.06. The Balaban J connectivity index is 1.59. The van der Waals surface area contributed by atoms with Gasteiger partial charge in [-0.25, -0.2) is 12.8 Å². The van der Waals surface area contributed by atoms with Crippen molar-refractivity contribution >= 4 is 16.0 Å². The average molecular weight is 393 g/mol. The molecule has 6 nitrogen and oxygen atoms in total. The number of carbonyl (C=O) groups is 1. The minimum absolute atomic E-state index is 0.0446. The Labute approximate surface area is 157 Å². The van der Waals surface area contributed by atoms with Crippen LogP contribution in [0.2, 0.25) is 0 Å². The highest BCUT2D eigenvalue weighted by Gasteiger charge is 2.33. The van der Waals surface area contributed by atoms with Gasteiger partial charge in [-0.05, 0) is 61.4 Å². The van der Waals surface area contributed by atoms with Gasteiger partial charge < -0.3 is 9.47 Å². The maximum absolute atomic E-state index is 13.0. The summed E-state index contributed by atoms with van der Waals surface area (Å²) in [6.07, 6.45) is 0.741. The molecule has 0 aliphatic carbocycles. The molecule has 0 radical (unpaired) electrons. The van der Waals surface area contributed by atoms with Crippen LogP contribution >= 0.6 is 0 Å². The minimum atomic E-state index is -3.69. The maximum atomic E-state index is 13.0. The Morgan fingerprint density at radius 1 is 1.00 bits per heavy atom. The zero-order chi connectivity index (χ0) is 19.4. The van der Waals surface area contributed by atoms with Crippen molar-refractivity contribution in [2.75, 3.05) is 20.2 Å². The standard InChI is InChI=1S/C19H20FNO5S/c1-25-16-4-6-17(7-5-16)26-19(22)14-10-12-21(13-11-14)27(23,24)18-8-2-15(20)3-9-18/h2-9,14H,10-13H2,1H3. The van der Waals surface area contributed by atoms with Crippen LogP contribution in [-0.4, -0.2) is 38.9 Å². The number of halogens is 1. The molecule has 0 aromatic heterocycles. The molecule has 0 saturated carbocycles. The zero-order valence-electron chi connectivity index (χ0n) is 14.8. The van der Waals surface area contributed by atoms with Crippen molar-refractivity contribution < 1.29 is 27.1 Å². The first-order valence-corrected chi connectivity index (χ1v) is 9.95. The van der Waals surface area contributed by atoms with Gasteiger partial charge in [0.1, 0.15) is 17.3 Å². The third kappa shape index (κ3) is 4.45. The van der Waals surface area contributed by atoms with Gasteiger partial charge >= 0.3 is 5.97 Å². The summed E-state index contributed by atoms with van der Waals surface area (Å²) in [6, 6.07) is 11.4. The van der Waals surface area contributed by atoms with Crippen LogP contribution in [0.3, 0.4) is 0 Å². The van der Waals surface area contributed by atoms with Crippen LogP contribution < -0.4 is 9.47 Å². The van der Waals surface area contributed by atoms with E-state index in [0.29, 0.717) is 24.3 Å². The van der Waals surface area contributed by atoms with E-state index < -0.39 is 15.8 Å². The van der Waals surface area contributed by atoms with Crippen molar-refractivity contribution in [1.29, 1.82) is 0 Å². The number of piperidine rings is 1. The van der Waals surface area contributed by atoms with Crippen LogP contribution in [0.1, 0.15) is 12.8 Å². The van der Waals surface area contributed by atoms with Gasteiger partial charge in [0.15, 0.2) is 0 Å². The number of benzene rings is 2. The van der Waals surface area contributed by atoms with Crippen LogP contribution in [-0.2, 0) is 14.8 Å². The lowest BCUT2D eigenvalue weighted by molar-refractivity contribution is -0.140. The molecule has 1 heterocycles. The SMILES string of the molecule is COc1ccc(OC(=O)C2CCN(S(=O)(=O)c3ccc(F)cc3)CC2)cc1. The summed E-state index contributed by atoms with van der Waals surface area (Å²) >= 11 is 0. The highest BCUT2D eigenvalue weighted by Crippen LogP contribution is 2.26. The van der Waals surface area contributed by atoms with Gasteiger partial charge in [-0.15, -0.1) is 0 Å². The molecule has 0 atom stereocenters. The fourth-order valence-electron chi connectivity index (χ4n) is 2.93. The van der Waals surface area contributed by atoms with Gasteiger partial charge in [0.2, 0.25) is 10.0 Å². The molecule has 0 spiro atoms. The van der Waals surface area contributed by atoms with Crippen LogP contribution in [0, 0.1) is 11.7 Å². The molecule has 3 rings (SSSR count). The monoisotopic (exact) mass is 393 g/mol. The largest absolute Gasteiger partial charge is 0.497 e. The van der Waals surface area contributed by atoms with Crippen molar-refractivity contribution in [3.63, 3.8) is 0 Å². The fourth-order valence-corrected chi connectivity index (χ4v) is 4.40. The average Bonchev–Trinajstić information content (AvgIpc) is 2.69. The van der Waals surface area contributed by atoms with Crippen LogP contribution in [0.5, 0.6) is 11.5 Å². The third-order valence-electron chi connectivity index (χ3n) is 4.52. The first-order valence-electron chi connectivity index (χ1n) is 8.51. The molecule has 0 N–H and O–H groups in total. The molecule has 0 bridgehead atoms. The van der Waals surface area contributed by atoms with E-state index in [1.165, 1.54) is 16.4 Å². The number of nitrogens with zero attached hydrogens (tertiary/aromatic N) is 1. The first kappa shape index (κ1) is 19.3. The predicted molar refractivity (Wildman–Crippen MR) is 96.5 cm³/mol. The highest BCUT2D eigenvalue weighted by molar-refractivity contribution is 7.89. The Kier molecular flexibility index (Phi) is 5.76. The summed E-state index contributed by atoms with van der Waals surface area (Å²) in [6.45, 7) is 0.421. The zero-order valence-corrected chi connectivity index (χ0v) is 15.6. The maximum Gasteiger partial charge on any atom is 0.314 e. The first-order chi connectivity index (χ1) is 12.9. The van der Waals surface area contributed by atoms with E-state index in [1.54, 1.807) is 31.4 Å². The van der Waals surface area contributed by atoms with Crippen molar-refractivity contribution in [3.05, 3.63) is 54.3 Å². The number of hydrogen-bond acceptors (Lipinski definition) is 5. The Morgan fingerprint density at radius 2 is 1.56 bits per heavy atom. The van der Waals surface area contributed by atoms with E-state index in [0.717, 1.165) is 12.1 Å². The van der Waals surface area contributed by atoms with Gasteiger partial charge in [-0.2, -0.15) is 4.31 Å². The predicted octanol–water partition coefficient (Wildman–Crippen LogP) is 2.84. The summed E-state index contributed by atoms with van der Waals surface area (Å²) in [7, 11) is -2.14. The Morgan fingerprint density at radius 3 is 2.11 bits per heavy atom. The lowest BCUT2D eigenvalue weighted by Gasteiger charge is -2.30. The van der Waals surface area contributed by atoms with Crippen LogP contribution in [0.25, 0.3) is 0 Å². The van der Waals surface area contributed by atoms with E-state index in [2.05, 4.69) is 0 Å². The van der Waals surface area contributed by atoms with E-state index in [1.807, 2.05) is 0 Å². The Hall–Kier alpha value is -2.45. The van der Waals surface area contributed by atoms with Gasteiger partial charge in [0.05, 0.1) is 17.9 Å². The van der Waals surface area contributed by atoms with Crippen LogP contribution in [0.15, 0.2) is 53.4 Å². The minimum Gasteiger partial charge on any atom is -0.497 e. The van der Waals surface area contributed by atoms with Crippen molar-refractivity contribution in [2.45, 2.75) is 17.7 Å². The van der Waals surface area contributed by atoms with Gasteiger partial charge in [-0.1, -0.05) is 0 Å². The summed E-state index contributed by atoms with van der Waals surface area (Å²) in [4.78, 5) is 12.4. The molecule has 2 aromatic rings. The number of rotatable bonds is 5. The Bertz CT molecular complexity index is 889. The van der Waals surface area contributed by atoms with Crippen molar-refractivity contribution in [2.24, 2.45) is 5.92 Å². The third-order valence-corrected chi connectivity index (χ3v) is 6.43. The summed E-state index contributed by atoms with van der Waals surface area (Å²) in [5, 5.41) is 0. The second-order valence-corrected chi connectivity index (χ2v) is 8.17. The smallest absolute Gasteiger partial charge is 0.314 e. The normalized spacial score (nSPS) is 16.1. The lowest BCUT2D eigenvalue weighted by atomic mass is 9.98. The molecule has 1 aliphatic rings. The summed E-state index contributed by atoms with van der Waals surface area (Å²) < 4.78 is 50.0. The van der Waals surface area contributed by atoms with E-state index in [-0.39, 0.29) is 29.9 Å². The van der Waals surface area contributed by atoms with E-state index in [9.17, 15) is 17.6 Å². The van der Waals surface area contributed by atoms with Crippen molar-refractivity contribution in [3.8, 4) is 11.5 Å². The van der Waals surface area contributed by atoms with Gasteiger partial charge in [-0.3, -0.25) is 4.79 Å². The topological polar surface area (TPSA) is 72.9 Å². The molecule has 0 unspecified atom stereocenters. The molecular weight excluding hydrogens is 373 g/mol. The quantitative estimate of drug-likeness (QED) is 0.577. The molecule has 1 saturated heterocycles. The molecule has 2 aromatic carbocycles. The molecule has 27 heavy (non-hydrogen) atoms. The van der Waals surface area contributed by atoms with E-state index >= 15 is 0 Å². The van der Waals surface area contributed by atoms with E-state index in [4.69, 9.17) is 9.47 Å². The number of ether oxygens (including phenoxy) is 2. The molecule has 1 fully saturated rings. The van der Waals surface area contributed by atoms with Crippen LogP contribution in [0.4, 0.5) is 4.39 Å². The fraction of sp³-hybridized carbons (Fsp3) is 0.316. The van der Waals surface area contributed by atoms with Crippen molar-refractivity contribution in [1.82, 2.24) is 4.31 Å². The number of sulfonamides is 1.